The summed E-state index contributed by atoms with van der Waals surface area (Å²) in [6, 6.07) is 11.3. The Balaban J connectivity index is 1.95. The second-order valence-corrected chi connectivity index (χ2v) is 6.90. The van der Waals surface area contributed by atoms with Gasteiger partial charge in [0.05, 0.1) is 11.3 Å². The Morgan fingerprint density at radius 3 is 2.71 bits per heavy atom. The number of nitrogens with one attached hydrogen (secondary N) is 1. The smallest absolute Gasteiger partial charge is 0.339 e. The van der Waals surface area contributed by atoms with Gasteiger partial charge >= 0.3 is 5.97 Å². The van der Waals surface area contributed by atoms with E-state index in [1.165, 1.54) is 23.9 Å². The van der Waals surface area contributed by atoms with Crippen LogP contribution < -0.4 is 5.32 Å². The Labute approximate surface area is 151 Å². The van der Waals surface area contributed by atoms with E-state index < -0.39 is 24.3 Å². The molecule has 7 heteroatoms. The first kappa shape index (κ1) is 18.5. The summed E-state index contributed by atoms with van der Waals surface area (Å²) in [5.74, 6) is -0.954. The van der Waals surface area contributed by atoms with E-state index in [2.05, 4.69) is 21.2 Å². The van der Waals surface area contributed by atoms with Gasteiger partial charge in [-0.3, -0.25) is 4.79 Å². The molecule has 0 aliphatic carbocycles. The topological polar surface area (TPSA) is 55.4 Å². The van der Waals surface area contributed by atoms with Crippen molar-refractivity contribution in [2.75, 3.05) is 17.7 Å². The molecule has 0 aromatic heterocycles. The van der Waals surface area contributed by atoms with Gasteiger partial charge in [0, 0.05) is 9.37 Å². The third-order valence-corrected chi connectivity index (χ3v) is 4.40. The molecule has 1 N–H and O–H groups in total. The molecule has 0 fully saturated rings. The number of hydrogen-bond acceptors (Lipinski definition) is 4. The summed E-state index contributed by atoms with van der Waals surface area (Å²) in [6.07, 6.45) is 0. The molecule has 0 unspecified atom stereocenters. The van der Waals surface area contributed by atoms with Gasteiger partial charge < -0.3 is 10.1 Å². The van der Waals surface area contributed by atoms with Crippen LogP contribution in [0.1, 0.15) is 17.3 Å². The Hall–Kier alpha value is -1.86. The summed E-state index contributed by atoms with van der Waals surface area (Å²) in [4.78, 5) is 24.7. The van der Waals surface area contributed by atoms with Crippen molar-refractivity contribution in [3.63, 3.8) is 0 Å². The molecule has 0 spiro atoms. The monoisotopic (exact) mass is 411 g/mol. The molecule has 0 atom stereocenters. The summed E-state index contributed by atoms with van der Waals surface area (Å²) in [5.41, 5.74) is 0.438. The van der Waals surface area contributed by atoms with Crippen molar-refractivity contribution in [1.29, 1.82) is 0 Å². The van der Waals surface area contributed by atoms with Gasteiger partial charge in [0.1, 0.15) is 5.82 Å². The summed E-state index contributed by atoms with van der Waals surface area (Å²) < 4.78 is 19.2. The molecule has 2 aromatic carbocycles. The highest BCUT2D eigenvalue weighted by Gasteiger charge is 2.15. The maximum Gasteiger partial charge on any atom is 0.339 e. The van der Waals surface area contributed by atoms with Crippen molar-refractivity contribution < 1.29 is 18.7 Å². The van der Waals surface area contributed by atoms with E-state index in [-0.39, 0.29) is 5.69 Å². The molecular weight excluding hydrogens is 397 g/mol. The molecule has 0 saturated heterocycles. The van der Waals surface area contributed by atoms with Crippen molar-refractivity contribution in [1.82, 2.24) is 0 Å². The van der Waals surface area contributed by atoms with Gasteiger partial charge in [0.2, 0.25) is 0 Å². The van der Waals surface area contributed by atoms with Crippen LogP contribution in [0.25, 0.3) is 0 Å². The number of thioether (sulfide) groups is 1. The molecule has 126 valence electrons. The van der Waals surface area contributed by atoms with Crippen molar-refractivity contribution in [3.8, 4) is 0 Å². The highest BCUT2D eigenvalue weighted by molar-refractivity contribution is 9.10. The highest BCUT2D eigenvalue weighted by atomic mass is 79.9. The zero-order valence-corrected chi connectivity index (χ0v) is 15.2. The molecule has 4 nitrogen and oxygen atoms in total. The predicted molar refractivity (Wildman–Crippen MR) is 95.9 cm³/mol. The zero-order valence-electron chi connectivity index (χ0n) is 12.8. The number of esters is 1. The van der Waals surface area contributed by atoms with Crippen molar-refractivity contribution in [3.05, 3.63) is 58.3 Å². The molecule has 1 amide bonds. The lowest BCUT2D eigenvalue weighted by molar-refractivity contribution is -0.119. The third kappa shape index (κ3) is 5.07. The second-order valence-electron chi connectivity index (χ2n) is 4.68. The van der Waals surface area contributed by atoms with Gasteiger partial charge in [-0.2, -0.15) is 0 Å². The van der Waals surface area contributed by atoms with Crippen LogP contribution in [-0.2, 0) is 9.53 Å². The van der Waals surface area contributed by atoms with E-state index in [0.717, 1.165) is 10.6 Å². The Morgan fingerprint density at radius 1 is 1.25 bits per heavy atom. The van der Waals surface area contributed by atoms with Crippen molar-refractivity contribution in [2.45, 2.75) is 11.8 Å². The van der Waals surface area contributed by atoms with E-state index in [1.54, 1.807) is 18.2 Å². The molecule has 0 saturated carbocycles. The first-order valence-corrected chi connectivity index (χ1v) is 8.93. The van der Waals surface area contributed by atoms with Crippen LogP contribution >= 0.6 is 27.7 Å². The summed E-state index contributed by atoms with van der Waals surface area (Å²) in [5, 5.41) is 2.37. The fraction of sp³-hybridized carbons (Fsp3) is 0.176. The number of amides is 1. The third-order valence-electron chi connectivity index (χ3n) is 2.95. The van der Waals surface area contributed by atoms with E-state index in [4.69, 9.17) is 4.74 Å². The number of ether oxygens (including phenoxy) is 1. The van der Waals surface area contributed by atoms with Crippen LogP contribution in [0.15, 0.2) is 51.8 Å². The molecule has 2 rings (SSSR count). The molecule has 0 heterocycles. The minimum atomic E-state index is -0.606. The maximum atomic E-state index is 13.7. The van der Waals surface area contributed by atoms with Gasteiger partial charge in [-0.25, -0.2) is 9.18 Å². The predicted octanol–water partition coefficient (Wildman–Crippen LogP) is 4.50. The van der Waals surface area contributed by atoms with Gasteiger partial charge in [-0.1, -0.05) is 35.0 Å². The fourth-order valence-electron chi connectivity index (χ4n) is 1.90. The Morgan fingerprint density at radius 2 is 2.00 bits per heavy atom. The number of carbonyl (C=O) groups is 2. The minimum Gasteiger partial charge on any atom is -0.452 e. The number of benzene rings is 2. The van der Waals surface area contributed by atoms with Crippen LogP contribution in [-0.4, -0.2) is 24.2 Å². The average Bonchev–Trinajstić information content (AvgIpc) is 2.56. The lowest BCUT2D eigenvalue weighted by Gasteiger charge is -2.09. The van der Waals surface area contributed by atoms with Gasteiger partial charge in [-0.05, 0) is 36.1 Å². The molecule has 2 aromatic rings. The standard InChI is InChI=1S/C17H15BrFNO3S/c1-2-24-15-6-4-3-5-12(15)17(22)23-10-16(21)20-14-8-7-11(18)9-13(14)19/h3-9H,2,10H2,1H3,(H,20,21). The summed E-state index contributed by atoms with van der Waals surface area (Å²) in [6.45, 7) is 1.49. The quantitative estimate of drug-likeness (QED) is 0.561. The summed E-state index contributed by atoms with van der Waals surface area (Å²) in [7, 11) is 0. The number of anilines is 1. The minimum absolute atomic E-state index is 0.0289. The largest absolute Gasteiger partial charge is 0.452 e. The lowest BCUT2D eigenvalue weighted by Crippen LogP contribution is -2.21. The van der Waals surface area contributed by atoms with E-state index in [9.17, 15) is 14.0 Å². The first-order chi connectivity index (χ1) is 11.5. The fourth-order valence-corrected chi connectivity index (χ4v) is 3.03. The molecule has 0 bridgehead atoms. The second kappa shape index (κ2) is 8.84. The van der Waals surface area contributed by atoms with Crippen molar-refractivity contribution in [2.24, 2.45) is 0 Å². The van der Waals surface area contributed by atoms with E-state index >= 15 is 0 Å². The van der Waals surface area contributed by atoms with Gasteiger partial charge in [0.25, 0.3) is 5.91 Å². The number of carbonyl (C=O) groups excluding carboxylic acids is 2. The van der Waals surface area contributed by atoms with Crippen LogP contribution in [0.5, 0.6) is 0 Å². The molecule has 0 aliphatic heterocycles. The van der Waals surface area contributed by atoms with E-state index in [0.29, 0.717) is 10.0 Å². The van der Waals surface area contributed by atoms with Crippen LogP contribution in [0.3, 0.4) is 0 Å². The Bertz CT molecular complexity index is 754. The van der Waals surface area contributed by atoms with Gasteiger partial charge in [0.15, 0.2) is 6.61 Å². The van der Waals surface area contributed by atoms with Crippen LogP contribution in [0.4, 0.5) is 10.1 Å². The number of halogens is 2. The molecular formula is C17H15BrFNO3S. The molecule has 24 heavy (non-hydrogen) atoms. The zero-order chi connectivity index (χ0) is 17.5. The number of hydrogen-bond donors (Lipinski definition) is 1. The number of rotatable bonds is 6. The van der Waals surface area contributed by atoms with Gasteiger partial charge in [-0.15, -0.1) is 11.8 Å². The average molecular weight is 412 g/mol. The normalized spacial score (nSPS) is 10.3. The van der Waals surface area contributed by atoms with Crippen molar-refractivity contribution >= 4 is 45.3 Å². The van der Waals surface area contributed by atoms with Crippen LogP contribution in [0.2, 0.25) is 0 Å². The van der Waals surface area contributed by atoms with E-state index in [1.807, 2.05) is 19.1 Å². The van der Waals surface area contributed by atoms with Crippen LogP contribution in [0, 0.1) is 5.82 Å². The SMILES string of the molecule is CCSc1ccccc1C(=O)OCC(=O)Nc1ccc(Br)cc1F. The molecule has 0 radical (unpaired) electrons. The first-order valence-electron chi connectivity index (χ1n) is 7.15. The lowest BCUT2D eigenvalue weighted by atomic mass is 10.2. The highest BCUT2D eigenvalue weighted by Crippen LogP contribution is 2.23. The Kier molecular flexibility index (Phi) is 6.81. The molecule has 0 aliphatic rings. The maximum absolute atomic E-state index is 13.7. The summed E-state index contributed by atoms with van der Waals surface area (Å²) >= 11 is 4.65.